The zero-order chi connectivity index (χ0) is 15.5. The van der Waals surface area contributed by atoms with E-state index in [0.29, 0.717) is 22.7 Å². The predicted molar refractivity (Wildman–Crippen MR) is 85.3 cm³/mol. The van der Waals surface area contributed by atoms with Gasteiger partial charge in [-0.25, -0.2) is 4.98 Å². The van der Waals surface area contributed by atoms with Crippen LogP contribution in [0.1, 0.15) is 0 Å². The van der Waals surface area contributed by atoms with Crippen molar-refractivity contribution in [3.05, 3.63) is 42.5 Å². The van der Waals surface area contributed by atoms with Gasteiger partial charge >= 0.3 is 0 Å². The molecule has 0 atom stereocenters. The number of aromatic nitrogens is 1. The van der Waals surface area contributed by atoms with Gasteiger partial charge < -0.3 is 14.5 Å². The van der Waals surface area contributed by atoms with E-state index in [2.05, 4.69) is 10.3 Å². The first kappa shape index (κ1) is 14.4. The average Bonchev–Trinajstić information content (AvgIpc) is 2.98. The van der Waals surface area contributed by atoms with Crippen molar-refractivity contribution < 1.29 is 13.9 Å². The minimum atomic E-state index is -0.266. The van der Waals surface area contributed by atoms with Crippen molar-refractivity contribution in [1.82, 2.24) is 4.98 Å². The molecule has 0 bridgehead atoms. The minimum absolute atomic E-state index is 0.0914. The van der Waals surface area contributed by atoms with Crippen LogP contribution < -0.4 is 10.1 Å². The highest BCUT2D eigenvalue weighted by atomic mass is 35.5. The number of nitrogens with zero attached hydrogens (tertiary/aromatic N) is 1. The van der Waals surface area contributed by atoms with Crippen molar-refractivity contribution in [3.63, 3.8) is 0 Å². The van der Waals surface area contributed by atoms with E-state index in [1.807, 2.05) is 24.3 Å². The van der Waals surface area contributed by atoms with E-state index < -0.39 is 0 Å². The van der Waals surface area contributed by atoms with Crippen LogP contribution in [0.2, 0.25) is 0 Å². The number of carbonyl (C=O) groups is 1. The molecule has 3 rings (SSSR count). The molecule has 6 heteroatoms. The number of oxazole rings is 1. The molecule has 5 nitrogen and oxygen atoms in total. The van der Waals surface area contributed by atoms with Crippen LogP contribution in [-0.4, -0.2) is 23.9 Å². The lowest BCUT2D eigenvalue weighted by Crippen LogP contribution is -2.12. The van der Waals surface area contributed by atoms with Gasteiger partial charge in [0, 0.05) is 11.3 Å². The van der Waals surface area contributed by atoms with Crippen molar-refractivity contribution in [1.29, 1.82) is 0 Å². The molecule has 2 aromatic carbocycles. The standard InChI is InChI=1S/C16H13ClN2O3/c1-21-12-4-2-3-10(7-12)16-19-13-8-11(18-15(20)9-17)5-6-14(13)22-16/h2-8H,9H2,1H3,(H,18,20). The fraction of sp³-hybridized carbons (Fsp3) is 0.125. The molecule has 22 heavy (non-hydrogen) atoms. The number of anilines is 1. The fourth-order valence-corrected chi connectivity index (χ4v) is 2.15. The first-order chi connectivity index (χ1) is 10.7. The van der Waals surface area contributed by atoms with Gasteiger partial charge in [0.25, 0.3) is 0 Å². The van der Waals surface area contributed by atoms with Crippen LogP contribution in [0.15, 0.2) is 46.9 Å². The van der Waals surface area contributed by atoms with Crippen molar-refractivity contribution in [3.8, 4) is 17.2 Å². The van der Waals surface area contributed by atoms with Crippen molar-refractivity contribution in [2.24, 2.45) is 0 Å². The molecule has 0 radical (unpaired) electrons. The van der Waals surface area contributed by atoms with E-state index in [1.54, 1.807) is 25.3 Å². The van der Waals surface area contributed by atoms with E-state index in [1.165, 1.54) is 0 Å². The zero-order valence-corrected chi connectivity index (χ0v) is 12.6. The maximum atomic E-state index is 11.3. The molecular weight excluding hydrogens is 304 g/mol. The molecule has 1 N–H and O–H groups in total. The number of ether oxygens (including phenoxy) is 1. The highest BCUT2D eigenvalue weighted by Gasteiger charge is 2.10. The SMILES string of the molecule is COc1cccc(-c2nc3cc(NC(=O)CCl)ccc3o2)c1. The number of nitrogens with one attached hydrogen (secondary N) is 1. The van der Waals surface area contributed by atoms with Gasteiger partial charge in [0.05, 0.1) is 7.11 Å². The van der Waals surface area contributed by atoms with Crippen LogP contribution in [0, 0.1) is 0 Å². The fourth-order valence-electron chi connectivity index (χ4n) is 2.08. The quantitative estimate of drug-likeness (QED) is 0.746. The molecule has 0 unspecified atom stereocenters. The number of hydrogen-bond donors (Lipinski definition) is 1. The van der Waals surface area contributed by atoms with E-state index >= 15 is 0 Å². The van der Waals surface area contributed by atoms with Gasteiger partial charge in [0.15, 0.2) is 5.58 Å². The lowest BCUT2D eigenvalue weighted by molar-refractivity contribution is -0.113. The summed E-state index contributed by atoms with van der Waals surface area (Å²) in [6, 6.07) is 12.7. The van der Waals surface area contributed by atoms with Gasteiger partial charge in [-0.05, 0) is 36.4 Å². The Bertz CT molecular complexity index is 829. The molecule has 0 saturated carbocycles. The number of carbonyl (C=O) groups excluding carboxylic acids is 1. The molecule has 0 fully saturated rings. The Morgan fingerprint density at radius 1 is 1.32 bits per heavy atom. The summed E-state index contributed by atoms with van der Waals surface area (Å²) >= 11 is 5.47. The maximum absolute atomic E-state index is 11.3. The second-order valence-corrected chi connectivity index (χ2v) is 4.88. The average molecular weight is 317 g/mol. The van der Waals surface area contributed by atoms with Gasteiger partial charge in [-0.3, -0.25) is 4.79 Å². The maximum Gasteiger partial charge on any atom is 0.239 e. The molecule has 0 aliphatic carbocycles. The molecule has 0 saturated heterocycles. The number of rotatable bonds is 4. The van der Waals surface area contributed by atoms with E-state index in [-0.39, 0.29) is 11.8 Å². The van der Waals surface area contributed by atoms with Crippen LogP contribution in [0.5, 0.6) is 5.75 Å². The first-order valence-electron chi connectivity index (χ1n) is 6.60. The summed E-state index contributed by atoms with van der Waals surface area (Å²) < 4.78 is 10.9. The molecule has 1 heterocycles. The Hall–Kier alpha value is -2.53. The largest absolute Gasteiger partial charge is 0.497 e. The number of halogens is 1. The highest BCUT2D eigenvalue weighted by molar-refractivity contribution is 6.29. The number of benzene rings is 2. The van der Waals surface area contributed by atoms with Crippen LogP contribution in [-0.2, 0) is 4.79 Å². The van der Waals surface area contributed by atoms with E-state index in [9.17, 15) is 4.79 Å². The van der Waals surface area contributed by atoms with Crippen LogP contribution >= 0.6 is 11.6 Å². The van der Waals surface area contributed by atoms with Crippen molar-refractivity contribution in [2.45, 2.75) is 0 Å². The first-order valence-corrected chi connectivity index (χ1v) is 7.14. The van der Waals surface area contributed by atoms with Crippen LogP contribution in [0.25, 0.3) is 22.6 Å². The summed E-state index contributed by atoms with van der Waals surface area (Å²) in [4.78, 5) is 15.8. The molecule has 0 spiro atoms. The van der Waals surface area contributed by atoms with Gasteiger partial charge in [-0.2, -0.15) is 0 Å². The third-order valence-electron chi connectivity index (χ3n) is 3.11. The molecule has 1 aromatic heterocycles. The number of methoxy groups -OCH3 is 1. The monoisotopic (exact) mass is 316 g/mol. The van der Waals surface area contributed by atoms with E-state index in [0.717, 1.165) is 11.3 Å². The van der Waals surface area contributed by atoms with Crippen LogP contribution in [0.3, 0.4) is 0 Å². The van der Waals surface area contributed by atoms with E-state index in [4.69, 9.17) is 20.8 Å². The second kappa shape index (κ2) is 6.07. The number of alkyl halides is 1. The Balaban J connectivity index is 1.97. The number of hydrogen-bond acceptors (Lipinski definition) is 4. The minimum Gasteiger partial charge on any atom is -0.497 e. The van der Waals surface area contributed by atoms with Gasteiger partial charge in [0.1, 0.15) is 17.1 Å². The van der Waals surface area contributed by atoms with Crippen molar-refractivity contribution in [2.75, 3.05) is 18.3 Å². The third kappa shape index (κ3) is 2.89. The molecule has 0 aliphatic heterocycles. The molecule has 3 aromatic rings. The Morgan fingerprint density at radius 3 is 2.95 bits per heavy atom. The number of amides is 1. The van der Waals surface area contributed by atoms with Crippen LogP contribution in [0.4, 0.5) is 5.69 Å². The lowest BCUT2D eigenvalue weighted by atomic mass is 10.2. The predicted octanol–water partition coefficient (Wildman–Crippen LogP) is 3.68. The molecular formula is C16H13ClN2O3. The summed E-state index contributed by atoms with van der Waals surface area (Å²) in [5.41, 5.74) is 2.75. The summed E-state index contributed by atoms with van der Waals surface area (Å²) in [7, 11) is 1.61. The summed E-state index contributed by atoms with van der Waals surface area (Å²) in [6.07, 6.45) is 0. The lowest BCUT2D eigenvalue weighted by Gasteiger charge is -2.01. The summed E-state index contributed by atoms with van der Waals surface area (Å²) in [5, 5.41) is 2.68. The zero-order valence-electron chi connectivity index (χ0n) is 11.8. The Kier molecular flexibility index (Phi) is 3.98. The number of fused-ring (bicyclic) bond motifs is 1. The summed E-state index contributed by atoms with van der Waals surface area (Å²) in [5.74, 6) is 0.869. The Labute approximate surface area is 131 Å². The third-order valence-corrected chi connectivity index (χ3v) is 3.35. The normalized spacial score (nSPS) is 10.6. The second-order valence-electron chi connectivity index (χ2n) is 4.62. The molecule has 0 aliphatic rings. The summed E-state index contributed by atoms with van der Waals surface area (Å²) in [6.45, 7) is 0. The Morgan fingerprint density at radius 2 is 2.18 bits per heavy atom. The highest BCUT2D eigenvalue weighted by Crippen LogP contribution is 2.28. The topological polar surface area (TPSA) is 64.4 Å². The smallest absolute Gasteiger partial charge is 0.239 e. The van der Waals surface area contributed by atoms with Gasteiger partial charge in [-0.15, -0.1) is 11.6 Å². The van der Waals surface area contributed by atoms with Gasteiger partial charge in [-0.1, -0.05) is 6.07 Å². The van der Waals surface area contributed by atoms with Crippen molar-refractivity contribution >= 4 is 34.3 Å². The van der Waals surface area contributed by atoms with Gasteiger partial charge in [0.2, 0.25) is 11.8 Å². The molecule has 112 valence electrons. The molecule has 1 amide bonds.